The van der Waals surface area contributed by atoms with Crippen LogP contribution in [0.1, 0.15) is 27.4 Å². The molecule has 3 rings (SSSR count). The molecule has 0 saturated carbocycles. The summed E-state index contributed by atoms with van der Waals surface area (Å²) >= 11 is 2.19. The molecule has 0 aromatic heterocycles. The van der Waals surface area contributed by atoms with Crippen molar-refractivity contribution in [2.75, 3.05) is 6.54 Å². The summed E-state index contributed by atoms with van der Waals surface area (Å²) in [5, 5.41) is 3.09. The normalized spacial score (nSPS) is 10.6. The molecule has 2 nitrogen and oxygen atoms in total. The van der Waals surface area contributed by atoms with Gasteiger partial charge in [0.15, 0.2) is 0 Å². The number of halogens is 1. The van der Waals surface area contributed by atoms with Crippen LogP contribution in [0.5, 0.6) is 0 Å². The second kappa shape index (κ2) is 8.11. The van der Waals surface area contributed by atoms with E-state index in [4.69, 9.17) is 0 Å². The third kappa shape index (κ3) is 4.03. The molecule has 3 aromatic rings. The maximum absolute atomic E-state index is 12.5. The summed E-state index contributed by atoms with van der Waals surface area (Å²) < 4.78 is 0.962. The molecule has 1 amide bonds. The predicted octanol–water partition coefficient (Wildman–Crippen LogP) is 4.85. The van der Waals surface area contributed by atoms with Gasteiger partial charge in [-0.3, -0.25) is 4.79 Å². The predicted molar refractivity (Wildman–Crippen MR) is 106 cm³/mol. The Bertz CT molecular complexity index is 763. The number of nitrogens with one attached hydrogen (secondary N) is 1. The van der Waals surface area contributed by atoms with Crippen molar-refractivity contribution in [3.63, 3.8) is 0 Å². The van der Waals surface area contributed by atoms with Gasteiger partial charge in [-0.15, -0.1) is 0 Å². The van der Waals surface area contributed by atoms with Crippen LogP contribution in [0.2, 0.25) is 0 Å². The molecule has 3 aromatic carbocycles. The molecular formula is C21H18INO. The number of benzene rings is 3. The fourth-order valence-electron chi connectivity index (χ4n) is 2.73. The van der Waals surface area contributed by atoms with E-state index in [9.17, 15) is 4.79 Å². The van der Waals surface area contributed by atoms with Crippen molar-refractivity contribution in [3.05, 3.63) is 105 Å². The Balaban J connectivity index is 1.81. The molecule has 0 fully saturated rings. The molecule has 24 heavy (non-hydrogen) atoms. The zero-order valence-corrected chi connectivity index (χ0v) is 15.3. The first kappa shape index (κ1) is 16.7. The Hall–Kier alpha value is -2.14. The van der Waals surface area contributed by atoms with Crippen molar-refractivity contribution >= 4 is 28.5 Å². The van der Waals surface area contributed by atoms with E-state index in [1.165, 1.54) is 11.1 Å². The van der Waals surface area contributed by atoms with Gasteiger partial charge in [0.25, 0.3) is 5.91 Å². The molecule has 0 heterocycles. The van der Waals surface area contributed by atoms with Crippen molar-refractivity contribution in [3.8, 4) is 0 Å². The molecule has 0 radical (unpaired) electrons. The molecule has 0 aliphatic heterocycles. The smallest absolute Gasteiger partial charge is 0.252 e. The second-order valence-electron chi connectivity index (χ2n) is 5.56. The molecule has 120 valence electrons. The SMILES string of the molecule is O=C(NCC(c1ccccc1)c1ccccc1)c1ccccc1I. The monoisotopic (exact) mass is 427 g/mol. The number of rotatable bonds is 5. The van der Waals surface area contributed by atoms with E-state index in [0.29, 0.717) is 6.54 Å². The summed E-state index contributed by atoms with van der Waals surface area (Å²) in [4.78, 5) is 12.5. The lowest BCUT2D eigenvalue weighted by molar-refractivity contribution is 0.0951. The Morgan fingerprint density at radius 1 is 0.792 bits per heavy atom. The van der Waals surface area contributed by atoms with E-state index < -0.39 is 0 Å². The highest BCUT2D eigenvalue weighted by molar-refractivity contribution is 14.1. The van der Waals surface area contributed by atoms with Crippen molar-refractivity contribution in [1.82, 2.24) is 5.32 Å². The minimum absolute atomic E-state index is 0.0307. The molecule has 0 atom stereocenters. The molecule has 0 aliphatic carbocycles. The van der Waals surface area contributed by atoms with Gasteiger partial charge in [-0.2, -0.15) is 0 Å². The Morgan fingerprint density at radius 3 is 1.83 bits per heavy atom. The van der Waals surface area contributed by atoms with Gasteiger partial charge in [-0.1, -0.05) is 72.8 Å². The number of hydrogen-bond acceptors (Lipinski definition) is 1. The molecule has 0 unspecified atom stereocenters. The summed E-state index contributed by atoms with van der Waals surface area (Å²) in [6.45, 7) is 0.567. The maximum Gasteiger partial charge on any atom is 0.252 e. The minimum atomic E-state index is -0.0307. The van der Waals surface area contributed by atoms with Gasteiger partial charge < -0.3 is 5.32 Å². The fraction of sp³-hybridized carbons (Fsp3) is 0.0952. The van der Waals surface area contributed by atoms with Crippen LogP contribution in [0.4, 0.5) is 0 Å². The van der Waals surface area contributed by atoms with Crippen LogP contribution in [-0.2, 0) is 0 Å². The number of carbonyl (C=O) groups excluding carboxylic acids is 1. The standard InChI is InChI=1S/C21H18INO/c22-20-14-8-7-13-18(20)21(24)23-15-19(16-9-3-1-4-10-16)17-11-5-2-6-12-17/h1-14,19H,15H2,(H,23,24). The summed E-state index contributed by atoms with van der Waals surface area (Å²) in [6.07, 6.45) is 0. The lowest BCUT2D eigenvalue weighted by Gasteiger charge is -2.19. The number of carbonyl (C=O) groups is 1. The highest BCUT2D eigenvalue weighted by Crippen LogP contribution is 2.24. The van der Waals surface area contributed by atoms with E-state index in [1.54, 1.807) is 0 Å². The molecule has 3 heteroatoms. The van der Waals surface area contributed by atoms with Gasteiger partial charge in [0.2, 0.25) is 0 Å². The van der Waals surface area contributed by atoms with E-state index in [1.807, 2.05) is 60.7 Å². The first-order valence-electron chi connectivity index (χ1n) is 7.88. The van der Waals surface area contributed by atoms with Gasteiger partial charge >= 0.3 is 0 Å². The molecule has 0 aliphatic rings. The number of amides is 1. The summed E-state index contributed by atoms with van der Waals surface area (Å²) in [7, 11) is 0. The van der Waals surface area contributed by atoms with Gasteiger partial charge in [0.05, 0.1) is 5.56 Å². The van der Waals surface area contributed by atoms with Gasteiger partial charge in [0, 0.05) is 16.0 Å². The zero-order valence-electron chi connectivity index (χ0n) is 13.2. The lowest BCUT2D eigenvalue weighted by Crippen LogP contribution is -2.29. The van der Waals surface area contributed by atoms with Crippen molar-refractivity contribution < 1.29 is 4.79 Å². The van der Waals surface area contributed by atoms with Crippen LogP contribution in [-0.4, -0.2) is 12.5 Å². The fourth-order valence-corrected chi connectivity index (χ4v) is 3.37. The van der Waals surface area contributed by atoms with E-state index in [-0.39, 0.29) is 11.8 Å². The third-order valence-corrected chi connectivity index (χ3v) is 4.93. The number of hydrogen-bond donors (Lipinski definition) is 1. The zero-order chi connectivity index (χ0) is 16.8. The van der Waals surface area contributed by atoms with Crippen LogP contribution >= 0.6 is 22.6 Å². The van der Waals surface area contributed by atoms with Gasteiger partial charge in [0.1, 0.15) is 0 Å². The molecule has 0 spiro atoms. The quantitative estimate of drug-likeness (QED) is 0.580. The lowest BCUT2D eigenvalue weighted by atomic mass is 9.91. The average Bonchev–Trinajstić information content (AvgIpc) is 2.64. The first-order chi connectivity index (χ1) is 11.8. The third-order valence-electron chi connectivity index (χ3n) is 3.99. The van der Waals surface area contributed by atoms with Crippen LogP contribution < -0.4 is 5.32 Å². The van der Waals surface area contributed by atoms with Crippen LogP contribution in [0.25, 0.3) is 0 Å². The van der Waals surface area contributed by atoms with Crippen LogP contribution in [0.3, 0.4) is 0 Å². The molecule has 0 bridgehead atoms. The highest BCUT2D eigenvalue weighted by Gasteiger charge is 2.16. The van der Waals surface area contributed by atoms with Gasteiger partial charge in [-0.25, -0.2) is 0 Å². The average molecular weight is 427 g/mol. The van der Waals surface area contributed by atoms with E-state index >= 15 is 0 Å². The summed E-state index contributed by atoms with van der Waals surface area (Å²) in [5.74, 6) is 0.106. The Labute approximate surface area is 156 Å². The minimum Gasteiger partial charge on any atom is -0.351 e. The van der Waals surface area contributed by atoms with Crippen molar-refractivity contribution in [1.29, 1.82) is 0 Å². The molecular weight excluding hydrogens is 409 g/mol. The van der Waals surface area contributed by atoms with Crippen molar-refractivity contribution in [2.45, 2.75) is 5.92 Å². The van der Waals surface area contributed by atoms with Crippen molar-refractivity contribution in [2.24, 2.45) is 0 Å². The molecule has 0 saturated heterocycles. The summed E-state index contributed by atoms with van der Waals surface area (Å²) in [6, 6.07) is 28.2. The van der Waals surface area contributed by atoms with Crippen LogP contribution in [0.15, 0.2) is 84.9 Å². The highest BCUT2D eigenvalue weighted by atomic mass is 127. The van der Waals surface area contributed by atoms with E-state index in [2.05, 4.69) is 52.2 Å². The first-order valence-corrected chi connectivity index (χ1v) is 8.96. The second-order valence-corrected chi connectivity index (χ2v) is 6.73. The molecule has 1 N–H and O–H groups in total. The maximum atomic E-state index is 12.5. The summed E-state index contributed by atoms with van der Waals surface area (Å²) in [5.41, 5.74) is 3.12. The Morgan fingerprint density at radius 2 is 1.29 bits per heavy atom. The topological polar surface area (TPSA) is 29.1 Å². The van der Waals surface area contributed by atoms with Gasteiger partial charge in [-0.05, 0) is 45.9 Å². The Kier molecular flexibility index (Phi) is 5.64. The largest absolute Gasteiger partial charge is 0.351 e. The van der Waals surface area contributed by atoms with Crippen LogP contribution in [0, 0.1) is 3.57 Å². The van der Waals surface area contributed by atoms with E-state index in [0.717, 1.165) is 9.13 Å².